The number of nitrogens with two attached hydrogens (primary N) is 2. The molecule has 1 aliphatic heterocycles. The number of guanidine groups is 1. The van der Waals surface area contributed by atoms with Gasteiger partial charge in [-0.1, -0.05) is 42.5 Å². The van der Waals surface area contributed by atoms with Crippen molar-refractivity contribution in [3.05, 3.63) is 65.7 Å². The minimum Gasteiger partial charge on any atom is -0.492 e. The first-order valence-electron chi connectivity index (χ1n) is 11.6. The average Bonchev–Trinajstić information content (AvgIpc) is 3.14. The Morgan fingerprint density at radius 3 is 2.44 bits per heavy atom. The Labute approximate surface area is 200 Å². The average molecular weight is 467 g/mol. The number of benzene rings is 2. The molecule has 1 saturated heterocycles. The van der Waals surface area contributed by atoms with Gasteiger partial charge in [-0.2, -0.15) is 0 Å². The van der Waals surface area contributed by atoms with Crippen LogP contribution >= 0.6 is 0 Å². The van der Waals surface area contributed by atoms with Gasteiger partial charge in [-0.15, -0.1) is 0 Å². The fraction of sp³-hybridized carbons (Fsp3) is 0.423. The zero-order valence-electron chi connectivity index (χ0n) is 19.7. The van der Waals surface area contributed by atoms with Crippen molar-refractivity contribution in [1.82, 2.24) is 4.90 Å². The molecule has 0 spiro atoms. The molecule has 1 atom stereocenters. The minimum atomic E-state index is -0.911. The molecule has 2 aromatic rings. The van der Waals surface area contributed by atoms with Crippen LogP contribution < -0.4 is 16.2 Å². The van der Waals surface area contributed by atoms with Crippen molar-refractivity contribution in [3.8, 4) is 5.75 Å². The van der Waals surface area contributed by atoms with E-state index in [0.29, 0.717) is 38.2 Å². The van der Waals surface area contributed by atoms with Crippen molar-refractivity contribution in [2.24, 2.45) is 21.9 Å². The summed E-state index contributed by atoms with van der Waals surface area (Å²) in [7, 11) is 1.34. The van der Waals surface area contributed by atoms with Gasteiger partial charge in [-0.3, -0.25) is 14.6 Å². The molecule has 1 unspecified atom stereocenters. The Kier molecular flexibility index (Phi) is 8.90. The third-order valence-electron chi connectivity index (χ3n) is 6.18. The second-order valence-corrected chi connectivity index (χ2v) is 8.65. The quantitative estimate of drug-likeness (QED) is 0.281. The SMILES string of the molecule is COC(=O)CC1(COc2ccc(CCN=C(N)N)cc2)CCN(CCCc2ccccc2)C1=O. The van der Waals surface area contributed by atoms with Gasteiger partial charge in [0.05, 0.1) is 18.9 Å². The van der Waals surface area contributed by atoms with Crippen molar-refractivity contribution in [2.45, 2.75) is 32.1 Å². The van der Waals surface area contributed by atoms with Crippen LogP contribution in [-0.2, 0) is 27.2 Å². The van der Waals surface area contributed by atoms with E-state index in [-0.39, 0.29) is 24.9 Å². The van der Waals surface area contributed by atoms with E-state index in [2.05, 4.69) is 17.1 Å². The fourth-order valence-corrected chi connectivity index (χ4v) is 4.21. The molecule has 0 saturated carbocycles. The van der Waals surface area contributed by atoms with E-state index in [0.717, 1.165) is 18.4 Å². The lowest BCUT2D eigenvalue weighted by Crippen LogP contribution is -2.41. The Morgan fingerprint density at radius 2 is 1.76 bits per heavy atom. The van der Waals surface area contributed by atoms with E-state index in [1.165, 1.54) is 12.7 Å². The highest BCUT2D eigenvalue weighted by Gasteiger charge is 2.49. The van der Waals surface area contributed by atoms with Gasteiger partial charge in [0.2, 0.25) is 5.91 Å². The Bertz CT molecular complexity index is 974. The topological polar surface area (TPSA) is 120 Å². The number of hydrogen-bond donors (Lipinski definition) is 2. The van der Waals surface area contributed by atoms with E-state index in [9.17, 15) is 9.59 Å². The number of rotatable bonds is 12. The van der Waals surface area contributed by atoms with Crippen LogP contribution in [0.2, 0.25) is 0 Å². The number of hydrogen-bond acceptors (Lipinski definition) is 5. The van der Waals surface area contributed by atoms with Crippen LogP contribution in [0.3, 0.4) is 0 Å². The van der Waals surface area contributed by atoms with Gasteiger partial charge in [0.25, 0.3) is 0 Å². The molecule has 4 N–H and O–H groups in total. The minimum absolute atomic E-state index is 0.00805. The third kappa shape index (κ3) is 6.97. The predicted octanol–water partition coefficient (Wildman–Crippen LogP) is 2.30. The molecule has 34 heavy (non-hydrogen) atoms. The second kappa shape index (κ2) is 12.1. The lowest BCUT2D eigenvalue weighted by Gasteiger charge is -2.27. The summed E-state index contributed by atoms with van der Waals surface area (Å²) < 4.78 is 10.9. The second-order valence-electron chi connectivity index (χ2n) is 8.65. The van der Waals surface area contributed by atoms with Crippen molar-refractivity contribution < 1.29 is 19.1 Å². The zero-order chi connectivity index (χ0) is 24.4. The number of carbonyl (C=O) groups excluding carboxylic acids is 2. The molecule has 3 rings (SSSR count). The summed E-state index contributed by atoms with van der Waals surface area (Å²) in [6, 6.07) is 17.8. The van der Waals surface area contributed by atoms with Gasteiger partial charge < -0.3 is 25.8 Å². The lowest BCUT2D eigenvalue weighted by atomic mass is 9.83. The van der Waals surface area contributed by atoms with Gasteiger partial charge in [-0.05, 0) is 48.9 Å². The highest BCUT2D eigenvalue weighted by atomic mass is 16.5. The molecule has 0 radical (unpaired) electrons. The van der Waals surface area contributed by atoms with Crippen LogP contribution in [0.5, 0.6) is 5.75 Å². The van der Waals surface area contributed by atoms with Crippen molar-refractivity contribution in [3.63, 3.8) is 0 Å². The van der Waals surface area contributed by atoms with Gasteiger partial charge in [-0.25, -0.2) is 0 Å². The molecule has 0 bridgehead atoms. The molecule has 182 valence electrons. The summed E-state index contributed by atoms with van der Waals surface area (Å²) in [6.45, 7) is 1.90. The zero-order valence-corrected chi connectivity index (χ0v) is 19.7. The van der Waals surface area contributed by atoms with Crippen LogP contribution in [0, 0.1) is 5.41 Å². The Hall–Kier alpha value is -3.55. The first-order valence-corrected chi connectivity index (χ1v) is 11.6. The number of aliphatic imine (C=N–C) groups is 1. The number of likely N-dealkylation sites (tertiary alicyclic amines) is 1. The fourth-order valence-electron chi connectivity index (χ4n) is 4.21. The van der Waals surface area contributed by atoms with E-state index < -0.39 is 11.4 Å². The molecule has 1 heterocycles. The maximum absolute atomic E-state index is 13.4. The molecule has 8 nitrogen and oxygen atoms in total. The number of esters is 1. The number of nitrogens with zero attached hydrogens (tertiary/aromatic N) is 2. The normalized spacial score (nSPS) is 17.4. The summed E-state index contributed by atoms with van der Waals surface area (Å²) in [5, 5.41) is 0. The first-order chi connectivity index (χ1) is 16.4. The van der Waals surface area contributed by atoms with Crippen LogP contribution in [0.4, 0.5) is 0 Å². The lowest BCUT2D eigenvalue weighted by molar-refractivity contribution is -0.150. The van der Waals surface area contributed by atoms with Crippen molar-refractivity contribution in [2.75, 3.05) is 33.4 Å². The number of carbonyl (C=O) groups is 2. The van der Waals surface area contributed by atoms with E-state index in [1.54, 1.807) is 0 Å². The monoisotopic (exact) mass is 466 g/mol. The smallest absolute Gasteiger partial charge is 0.306 e. The highest BCUT2D eigenvalue weighted by Crippen LogP contribution is 2.37. The van der Waals surface area contributed by atoms with Crippen LogP contribution in [0.1, 0.15) is 30.4 Å². The molecule has 1 aliphatic rings. The van der Waals surface area contributed by atoms with Gasteiger partial charge in [0, 0.05) is 19.6 Å². The number of amides is 1. The standard InChI is InChI=1S/C26H34N4O4/c1-33-23(31)18-26(19-34-22-11-9-21(10-12-22)13-15-29-25(27)28)14-17-30(24(26)32)16-5-8-20-6-3-2-4-7-20/h2-4,6-7,9-12H,5,8,13-19H2,1H3,(H4,27,28,29). The van der Waals surface area contributed by atoms with Crippen LogP contribution in [-0.4, -0.2) is 56.1 Å². The molecule has 1 fully saturated rings. The molecule has 8 heteroatoms. The van der Waals surface area contributed by atoms with E-state index >= 15 is 0 Å². The number of ether oxygens (including phenoxy) is 2. The molecule has 2 aromatic carbocycles. The number of methoxy groups -OCH3 is 1. The third-order valence-corrected chi connectivity index (χ3v) is 6.18. The molecule has 0 aromatic heterocycles. The Morgan fingerprint density at radius 1 is 1.06 bits per heavy atom. The largest absolute Gasteiger partial charge is 0.492 e. The van der Waals surface area contributed by atoms with Gasteiger partial charge >= 0.3 is 5.97 Å². The first kappa shape index (κ1) is 25.1. The highest BCUT2D eigenvalue weighted by molar-refractivity contribution is 5.89. The van der Waals surface area contributed by atoms with Crippen LogP contribution in [0.15, 0.2) is 59.6 Å². The Balaban J connectivity index is 1.59. The molecular formula is C26H34N4O4. The summed E-state index contributed by atoms with van der Waals surface area (Å²) in [4.78, 5) is 31.4. The maximum Gasteiger partial charge on any atom is 0.306 e. The number of aryl methyl sites for hydroxylation is 1. The van der Waals surface area contributed by atoms with Gasteiger partial charge in [0.1, 0.15) is 12.4 Å². The summed E-state index contributed by atoms with van der Waals surface area (Å²) in [6.07, 6.45) is 3.05. The van der Waals surface area contributed by atoms with Crippen LogP contribution in [0.25, 0.3) is 0 Å². The predicted molar refractivity (Wildman–Crippen MR) is 131 cm³/mol. The van der Waals surface area contributed by atoms with Gasteiger partial charge in [0.15, 0.2) is 5.96 Å². The molecular weight excluding hydrogens is 432 g/mol. The summed E-state index contributed by atoms with van der Waals surface area (Å²) in [5.41, 5.74) is 12.1. The van der Waals surface area contributed by atoms with Crippen molar-refractivity contribution in [1.29, 1.82) is 0 Å². The summed E-state index contributed by atoms with van der Waals surface area (Å²) >= 11 is 0. The molecule has 1 amide bonds. The van der Waals surface area contributed by atoms with Crippen molar-refractivity contribution >= 4 is 17.8 Å². The molecule has 0 aliphatic carbocycles. The summed E-state index contributed by atoms with van der Waals surface area (Å²) in [5.74, 6) is 0.273. The van der Waals surface area contributed by atoms with E-state index in [1.807, 2.05) is 47.4 Å². The van der Waals surface area contributed by atoms with E-state index in [4.69, 9.17) is 20.9 Å². The maximum atomic E-state index is 13.4.